The number of nitrogens with zero attached hydrogens (tertiary/aromatic N) is 4. The summed E-state index contributed by atoms with van der Waals surface area (Å²) < 4.78 is 18.2. The minimum Gasteiger partial charge on any atom is -0.495 e. The molecule has 1 atom stereocenters. The van der Waals surface area contributed by atoms with Crippen LogP contribution in [-0.2, 0) is 9.53 Å². The maximum atomic E-state index is 12.8. The molecule has 5 aromatic rings. The SMILES string of the molecule is COc1cc2c(cc1NC(=O)[C@@H](C)OC(=O)c1ccc(-n3cnnn3)cc1)oc1ccccc12. The number of amides is 1. The highest BCUT2D eigenvalue weighted by atomic mass is 16.5. The number of anilines is 1. The Morgan fingerprint density at radius 3 is 2.56 bits per heavy atom. The number of tetrazole rings is 1. The van der Waals surface area contributed by atoms with Crippen LogP contribution < -0.4 is 10.1 Å². The number of furan rings is 1. The molecule has 0 saturated carbocycles. The third-order valence-electron chi connectivity index (χ3n) is 5.33. The van der Waals surface area contributed by atoms with Crippen LogP contribution in [0.5, 0.6) is 5.75 Å². The summed E-state index contributed by atoms with van der Waals surface area (Å²) in [6, 6.07) is 17.6. The molecule has 0 aliphatic carbocycles. The van der Waals surface area contributed by atoms with Crippen LogP contribution in [0, 0.1) is 0 Å². The molecule has 0 aliphatic rings. The molecule has 0 bridgehead atoms. The Labute approximate surface area is 193 Å². The molecule has 1 N–H and O–H groups in total. The Kier molecular flexibility index (Phi) is 5.38. The number of para-hydroxylation sites is 1. The lowest BCUT2D eigenvalue weighted by molar-refractivity contribution is -0.123. The van der Waals surface area contributed by atoms with Crippen LogP contribution in [0.2, 0.25) is 0 Å². The van der Waals surface area contributed by atoms with Crippen molar-refractivity contribution >= 4 is 39.5 Å². The first-order valence-corrected chi connectivity index (χ1v) is 10.4. The van der Waals surface area contributed by atoms with Crippen LogP contribution in [0.3, 0.4) is 0 Å². The zero-order valence-electron chi connectivity index (χ0n) is 18.3. The van der Waals surface area contributed by atoms with Crippen LogP contribution in [-0.4, -0.2) is 45.3 Å². The molecule has 0 saturated heterocycles. The van der Waals surface area contributed by atoms with Gasteiger partial charge in [0.1, 0.15) is 23.2 Å². The molecule has 2 heterocycles. The maximum Gasteiger partial charge on any atom is 0.338 e. The Morgan fingerprint density at radius 2 is 1.82 bits per heavy atom. The Bertz CT molecular complexity index is 1490. The van der Waals surface area contributed by atoms with Gasteiger partial charge in [-0.1, -0.05) is 18.2 Å². The Balaban J connectivity index is 1.30. The van der Waals surface area contributed by atoms with Gasteiger partial charge >= 0.3 is 5.97 Å². The third kappa shape index (κ3) is 3.92. The molecule has 170 valence electrons. The number of hydrogen-bond acceptors (Lipinski definition) is 8. The molecule has 1 amide bonds. The van der Waals surface area contributed by atoms with Gasteiger partial charge in [-0.2, -0.15) is 0 Å². The molecule has 10 heteroatoms. The first-order valence-electron chi connectivity index (χ1n) is 10.4. The van der Waals surface area contributed by atoms with Gasteiger partial charge in [-0.15, -0.1) is 5.10 Å². The topological polar surface area (TPSA) is 121 Å². The number of carbonyl (C=O) groups is 2. The Hall–Kier alpha value is -4.73. The lowest BCUT2D eigenvalue weighted by Crippen LogP contribution is -2.30. The van der Waals surface area contributed by atoms with E-state index >= 15 is 0 Å². The number of nitrogens with one attached hydrogen (secondary N) is 1. The van der Waals surface area contributed by atoms with Gasteiger partial charge in [0.05, 0.1) is 24.0 Å². The minimum absolute atomic E-state index is 0.290. The third-order valence-corrected chi connectivity index (χ3v) is 5.33. The summed E-state index contributed by atoms with van der Waals surface area (Å²) in [5.41, 5.74) is 2.71. The number of rotatable bonds is 6. The van der Waals surface area contributed by atoms with Gasteiger partial charge in [-0.3, -0.25) is 4.79 Å². The second-order valence-corrected chi connectivity index (χ2v) is 7.48. The van der Waals surface area contributed by atoms with Crippen LogP contribution in [0.15, 0.2) is 71.4 Å². The predicted molar refractivity (Wildman–Crippen MR) is 123 cm³/mol. The fourth-order valence-electron chi connectivity index (χ4n) is 3.56. The summed E-state index contributed by atoms with van der Waals surface area (Å²) in [5, 5.41) is 15.5. The van der Waals surface area contributed by atoms with E-state index in [1.807, 2.05) is 24.3 Å². The summed E-state index contributed by atoms with van der Waals surface area (Å²) >= 11 is 0. The maximum absolute atomic E-state index is 12.8. The van der Waals surface area contributed by atoms with E-state index < -0.39 is 18.0 Å². The molecule has 5 rings (SSSR count). The lowest BCUT2D eigenvalue weighted by atomic mass is 10.1. The summed E-state index contributed by atoms with van der Waals surface area (Å²) in [4.78, 5) is 25.3. The number of esters is 1. The van der Waals surface area contributed by atoms with E-state index in [2.05, 4.69) is 20.8 Å². The van der Waals surface area contributed by atoms with E-state index in [1.54, 1.807) is 36.4 Å². The van der Waals surface area contributed by atoms with Crippen molar-refractivity contribution in [1.29, 1.82) is 0 Å². The average Bonchev–Trinajstić information content (AvgIpc) is 3.51. The highest BCUT2D eigenvalue weighted by Gasteiger charge is 2.21. The van der Waals surface area contributed by atoms with Crippen molar-refractivity contribution in [2.75, 3.05) is 12.4 Å². The zero-order valence-corrected chi connectivity index (χ0v) is 18.3. The molecule has 2 aromatic heterocycles. The summed E-state index contributed by atoms with van der Waals surface area (Å²) in [6.07, 6.45) is 0.388. The standard InChI is InChI=1S/C24H19N5O5/c1-14(33-24(31)15-7-9-16(10-8-15)29-13-25-27-28-29)23(30)26-19-12-21-18(11-22(19)32-2)17-5-3-4-6-20(17)34-21/h3-14H,1-2H3,(H,26,30)/t14-/m1/s1. The van der Waals surface area contributed by atoms with Crippen molar-refractivity contribution in [3.8, 4) is 11.4 Å². The molecular formula is C24H19N5O5. The fraction of sp³-hybridized carbons (Fsp3) is 0.125. The van der Waals surface area contributed by atoms with Gasteiger partial charge in [0.15, 0.2) is 6.10 Å². The van der Waals surface area contributed by atoms with Crippen molar-refractivity contribution in [2.45, 2.75) is 13.0 Å². The van der Waals surface area contributed by atoms with Crippen molar-refractivity contribution in [3.05, 3.63) is 72.6 Å². The number of benzene rings is 3. The molecule has 0 spiro atoms. The predicted octanol–water partition coefficient (Wildman–Crippen LogP) is 3.75. The van der Waals surface area contributed by atoms with Gasteiger partial charge in [0, 0.05) is 16.8 Å². The average molecular weight is 457 g/mol. The van der Waals surface area contributed by atoms with Crippen molar-refractivity contribution in [2.24, 2.45) is 0 Å². The van der Waals surface area contributed by atoms with Crippen molar-refractivity contribution in [1.82, 2.24) is 20.2 Å². The van der Waals surface area contributed by atoms with Gasteiger partial charge in [-0.05, 0) is 53.7 Å². The highest BCUT2D eigenvalue weighted by molar-refractivity contribution is 6.08. The number of aromatic nitrogens is 4. The number of ether oxygens (including phenoxy) is 2. The minimum atomic E-state index is -1.05. The number of methoxy groups -OCH3 is 1. The normalized spacial score (nSPS) is 11.9. The fourth-order valence-corrected chi connectivity index (χ4v) is 3.56. The number of hydrogen-bond donors (Lipinski definition) is 1. The van der Waals surface area contributed by atoms with E-state index in [0.717, 1.165) is 16.4 Å². The van der Waals surface area contributed by atoms with E-state index in [0.29, 0.717) is 22.7 Å². The van der Waals surface area contributed by atoms with Gasteiger partial charge in [0.25, 0.3) is 5.91 Å². The number of fused-ring (bicyclic) bond motifs is 3. The molecule has 3 aromatic carbocycles. The van der Waals surface area contributed by atoms with Gasteiger partial charge < -0.3 is 19.2 Å². The zero-order chi connectivity index (χ0) is 23.7. The molecule has 0 unspecified atom stereocenters. The second kappa shape index (κ2) is 8.66. The van der Waals surface area contributed by atoms with Gasteiger partial charge in [-0.25, -0.2) is 9.48 Å². The molecule has 34 heavy (non-hydrogen) atoms. The smallest absolute Gasteiger partial charge is 0.338 e. The summed E-state index contributed by atoms with van der Waals surface area (Å²) in [6.45, 7) is 1.49. The van der Waals surface area contributed by atoms with Gasteiger partial charge in [0.2, 0.25) is 0 Å². The molecule has 0 aliphatic heterocycles. The molecule has 0 radical (unpaired) electrons. The van der Waals surface area contributed by atoms with Crippen LogP contribution in [0.1, 0.15) is 17.3 Å². The first-order chi connectivity index (χ1) is 16.5. The lowest BCUT2D eigenvalue weighted by Gasteiger charge is -2.15. The number of carbonyl (C=O) groups excluding carboxylic acids is 2. The monoisotopic (exact) mass is 457 g/mol. The second-order valence-electron chi connectivity index (χ2n) is 7.48. The van der Waals surface area contributed by atoms with Crippen LogP contribution in [0.4, 0.5) is 5.69 Å². The van der Waals surface area contributed by atoms with E-state index in [4.69, 9.17) is 13.9 Å². The molecular weight excluding hydrogens is 438 g/mol. The van der Waals surface area contributed by atoms with E-state index in [-0.39, 0.29) is 5.56 Å². The largest absolute Gasteiger partial charge is 0.495 e. The highest BCUT2D eigenvalue weighted by Crippen LogP contribution is 2.36. The first kappa shape index (κ1) is 21.1. The molecule has 10 nitrogen and oxygen atoms in total. The molecule has 0 fully saturated rings. The summed E-state index contributed by atoms with van der Waals surface area (Å²) in [7, 11) is 1.52. The van der Waals surface area contributed by atoms with E-state index in [9.17, 15) is 9.59 Å². The van der Waals surface area contributed by atoms with E-state index in [1.165, 1.54) is 25.0 Å². The van der Waals surface area contributed by atoms with Crippen molar-refractivity contribution in [3.63, 3.8) is 0 Å². The quantitative estimate of drug-likeness (QED) is 0.383. The Morgan fingerprint density at radius 1 is 1.03 bits per heavy atom. The summed E-state index contributed by atoms with van der Waals surface area (Å²) in [5.74, 6) is -0.679. The van der Waals surface area contributed by atoms with Crippen LogP contribution in [0.25, 0.3) is 27.6 Å². The van der Waals surface area contributed by atoms with Crippen molar-refractivity contribution < 1.29 is 23.5 Å². The van der Waals surface area contributed by atoms with Crippen LogP contribution >= 0.6 is 0 Å².